The summed E-state index contributed by atoms with van der Waals surface area (Å²) in [4.78, 5) is 10.7. The minimum absolute atomic E-state index is 0.240. The first-order valence-corrected chi connectivity index (χ1v) is 6.70. The molecule has 1 atom stereocenters. The van der Waals surface area contributed by atoms with Crippen molar-refractivity contribution in [1.82, 2.24) is 0 Å². The number of hydrogen-bond acceptors (Lipinski definition) is 3. The molecule has 0 bridgehead atoms. The highest BCUT2D eigenvalue weighted by Gasteiger charge is 2.35. The molecule has 102 valence electrons. The first kappa shape index (κ1) is 16.6. The summed E-state index contributed by atoms with van der Waals surface area (Å²) in [5.41, 5.74) is 0. The lowest BCUT2D eigenvalue weighted by molar-refractivity contribution is -0.237. The Bertz CT molecular complexity index is 188. The van der Waals surface area contributed by atoms with Crippen molar-refractivity contribution in [3.63, 3.8) is 0 Å². The van der Waals surface area contributed by atoms with Crippen molar-refractivity contribution in [2.24, 2.45) is 5.92 Å². The van der Waals surface area contributed by atoms with Crippen LogP contribution in [0, 0.1) is 5.92 Å². The largest absolute Gasteiger partial charge is 0.352 e. The summed E-state index contributed by atoms with van der Waals surface area (Å²) in [6, 6.07) is 0. The predicted octanol–water partition coefficient (Wildman–Crippen LogP) is 3.56. The van der Waals surface area contributed by atoms with Crippen LogP contribution in [0.1, 0.15) is 58.8 Å². The first-order chi connectivity index (χ1) is 8.16. The van der Waals surface area contributed by atoms with E-state index in [0.29, 0.717) is 6.42 Å². The molecular formula is C14H28O3. The van der Waals surface area contributed by atoms with Gasteiger partial charge in [0.2, 0.25) is 0 Å². The van der Waals surface area contributed by atoms with Crippen LogP contribution in [0.3, 0.4) is 0 Å². The number of aldehydes is 1. The topological polar surface area (TPSA) is 35.5 Å². The van der Waals surface area contributed by atoms with Gasteiger partial charge in [0.25, 0.3) is 0 Å². The lowest BCUT2D eigenvalue weighted by Crippen LogP contribution is -2.41. The average Bonchev–Trinajstić information content (AvgIpc) is 2.35. The van der Waals surface area contributed by atoms with E-state index in [2.05, 4.69) is 13.8 Å². The van der Waals surface area contributed by atoms with Crippen molar-refractivity contribution < 1.29 is 14.3 Å². The second-order valence-corrected chi connectivity index (χ2v) is 4.69. The fourth-order valence-electron chi connectivity index (χ4n) is 2.24. The smallest absolute Gasteiger partial charge is 0.176 e. The van der Waals surface area contributed by atoms with Crippen molar-refractivity contribution in [1.29, 1.82) is 0 Å². The molecule has 0 N–H and O–H groups in total. The summed E-state index contributed by atoms with van der Waals surface area (Å²) in [5.74, 6) is -0.490. The lowest BCUT2D eigenvalue weighted by atomic mass is 9.91. The van der Waals surface area contributed by atoms with E-state index in [-0.39, 0.29) is 5.92 Å². The molecule has 0 aliphatic heterocycles. The second-order valence-electron chi connectivity index (χ2n) is 4.69. The third-order valence-corrected chi connectivity index (χ3v) is 3.55. The second kappa shape index (κ2) is 9.60. The number of methoxy groups -OCH3 is 2. The molecule has 0 aromatic carbocycles. The van der Waals surface area contributed by atoms with E-state index in [1.54, 1.807) is 14.2 Å². The van der Waals surface area contributed by atoms with E-state index in [0.717, 1.165) is 12.7 Å². The Hall–Kier alpha value is -0.410. The lowest BCUT2D eigenvalue weighted by Gasteiger charge is -2.35. The van der Waals surface area contributed by atoms with Crippen LogP contribution in [-0.4, -0.2) is 26.3 Å². The molecule has 0 aliphatic carbocycles. The summed E-state index contributed by atoms with van der Waals surface area (Å²) in [6.07, 6.45) is 8.51. The Morgan fingerprint density at radius 3 is 2.18 bits per heavy atom. The number of rotatable bonds is 11. The molecule has 0 spiro atoms. The van der Waals surface area contributed by atoms with E-state index in [9.17, 15) is 4.79 Å². The molecule has 0 amide bonds. The molecule has 0 aromatic heterocycles. The van der Waals surface area contributed by atoms with E-state index in [4.69, 9.17) is 9.47 Å². The van der Waals surface area contributed by atoms with Crippen LogP contribution in [0.15, 0.2) is 0 Å². The van der Waals surface area contributed by atoms with E-state index in [1.165, 1.54) is 32.1 Å². The molecular weight excluding hydrogens is 216 g/mol. The van der Waals surface area contributed by atoms with E-state index < -0.39 is 5.79 Å². The van der Waals surface area contributed by atoms with Crippen LogP contribution in [0.2, 0.25) is 0 Å². The highest BCUT2D eigenvalue weighted by atomic mass is 16.7. The molecule has 0 heterocycles. The molecule has 17 heavy (non-hydrogen) atoms. The molecule has 0 fully saturated rings. The highest BCUT2D eigenvalue weighted by Crippen LogP contribution is 2.29. The van der Waals surface area contributed by atoms with E-state index >= 15 is 0 Å². The Labute approximate surface area is 106 Å². The fourth-order valence-corrected chi connectivity index (χ4v) is 2.24. The standard InChI is InChI=1S/C14H28O3/c1-5-6-7-8-9-10-13(2)14(16-3,17-4)11-12-15/h12-13H,5-11H2,1-4H3. The maximum atomic E-state index is 10.7. The Morgan fingerprint density at radius 2 is 1.71 bits per heavy atom. The Balaban J connectivity index is 4.05. The zero-order valence-corrected chi connectivity index (χ0v) is 11.8. The van der Waals surface area contributed by atoms with Gasteiger partial charge in [-0.3, -0.25) is 0 Å². The number of carbonyl (C=O) groups excluding carboxylic acids is 1. The minimum Gasteiger partial charge on any atom is -0.352 e. The van der Waals surface area contributed by atoms with Gasteiger partial charge >= 0.3 is 0 Å². The van der Waals surface area contributed by atoms with Crippen molar-refractivity contribution in [2.45, 2.75) is 64.6 Å². The molecule has 0 radical (unpaired) electrons. The Morgan fingerprint density at radius 1 is 1.12 bits per heavy atom. The van der Waals surface area contributed by atoms with Crippen molar-refractivity contribution in [3.8, 4) is 0 Å². The van der Waals surface area contributed by atoms with Gasteiger partial charge in [0, 0.05) is 20.1 Å². The van der Waals surface area contributed by atoms with Gasteiger partial charge in [-0.2, -0.15) is 0 Å². The van der Waals surface area contributed by atoms with Crippen LogP contribution in [0.5, 0.6) is 0 Å². The zero-order chi connectivity index (χ0) is 13.1. The van der Waals surface area contributed by atoms with Gasteiger partial charge in [-0.15, -0.1) is 0 Å². The van der Waals surface area contributed by atoms with Crippen molar-refractivity contribution in [2.75, 3.05) is 14.2 Å². The third kappa shape index (κ3) is 5.64. The molecule has 0 aliphatic rings. The van der Waals surface area contributed by atoms with Gasteiger partial charge in [-0.1, -0.05) is 46.0 Å². The van der Waals surface area contributed by atoms with Gasteiger partial charge in [-0.25, -0.2) is 0 Å². The SMILES string of the molecule is CCCCCCCC(C)C(CC=O)(OC)OC. The molecule has 0 saturated heterocycles. The fraction of sp³-hybridized carbons (Fsp3) is 0.929. The summed E-state index contributed by atoms with van der Waals surface area (Å²) in [7, 11) is 3.22. The van der Waals surface area contributed by atoms with Crippen LogP contribution >= 0.6 is 0 Å². The molecule has 0 aromatic rings. The summed E-state index contributed by atoms with van der Waals surface area (Å²) >= 11 is 0. The van der Waals surface area contributed by atoms with Gasteiger partial charge in [0.1, 0.15) is 6.29 Å². The molecule has 3 heteroatoms. The minimum atomic E-state index is -0.730. The van der Waals surface area contributed by atoms with Crippen LogP contribution in [-0.2, 0) is 14.3 Å². The Kier molecular flexibility index (Phi) is 9.37. The molecule has 0 saturated carbocycles. The van der Waals surface area contributed by atoms with E-state index in [1.807, 2.05) is 0 Å². The first-order valence-electron chi connectivity index (χ1n) is 6.70. The number of carbonyl (C=O) groups is 1. The van der Waals surface area contributed by atoms with Gasteiger partial charge in [0.05, 0.1) is 6.42 Å². The molecule has 1 unspecified atom stereocenters. The monoisotopic (exact) mass is 244 g/mol. The highest BCUT2D eigenvalue weighted by molar-refractivity contribution is 5.51. The molecule has 0 rings (SSSR count). The molecule has 3 nitrogen and oxygen atoms in total. The van der Waals surface area contributed by atoms with Gasteiger partial charge in [-0.05, 0) is 6.42 Å². The van der Waals surface area contributed by atoms with Crippen LogP contribution < -0.4 is 0 Å². The zero-order valence-electron chi connectivity index (χ0n) is 11.8. The summed E-state index contributed by atoms with van der Waals surface area (Å²) in [6.45, 7) is 4.31. The van der Waals surface area contributed by atoms with Gasteiger partial charge in [0.15, 0.2) is 5.79 Å². The predicted molar refractivity (Wildman–Crippen MR) is 70.0 cm³/mol. The summed E-state index contributed by atoms with van der Waals surface area (Å²) < 4.78 is 10.8. The number of unbranched alkanes of at least 4 members (excludes halogenated alkanes) is 4. The average molecular weight is 244 g/mol. The van der Waals surface area contributed by atoms with Crippen LogP contribution in [0.25, 0.3) is 0 Å². The number of ether oxygens (including phenoxy) is 2. The summed E-state index contributed by atoms with van der Waals surface area (Å²) in [5, 5.41) is 0. The van der Waals surface area contributed by atoms with Crippen molar-refractivity contribution >= 4 is 6.29 Å². The normalized spacial score (nSPS) is 13.6. The van der Waals surface area contributed by atoms with Gasteiger partial charge < -0.3 is 14.3 Å². The van der Waals surface area contributed by atoms with Crippen molar-refractivity contribution in [3.05, 3.63) is 0 Å². The van der Waals surface area contributed by atoms with Crippen LogP contribution in [0.4, 0.5) is 0 Å². The maximum absolute atomic E-state index is 10.7. The third-order valence-electron chi connectivity index (χ3n) is 3.55. The maximum Gasteiger partial charge on any atom is 0.176 e. The number of hydrogen-bond donors (Lipinski definition) is 0. The quantitative estimate of drug-likeness (QED) is 0.317.